The first-order valence-corrected chi connectivity index (χ1v) is 9.45. The van der Waals surface area contributed by atoms with Crippen LogP contribution in [0.1, 0.15) is 26.5 Å². The van der Waals surface area contributed by atoms with E-state index >= 15 is 0 Å². The highest BCUT2D eigenvalue weighted by Gasteiger charge is 2.30. The van der Waals surface area contributed by atoms with Gasteiger partial charge in [-0.2, -0.15) is 0 Å². The number of hydrogen-bond donors (Lipinski definition) is 2. The van der Waals surface area contributed by atoms with E-state index in [1.54, 1.807) is 25.3 Å². The van der Waals surface area contributed by atoms with Gasteiger partial charge in [-0.1, -0.05) is 26.0 Å². The van der Waals surface area contributed by atoms with E-state index in [0.29, 0.717) is 23.1 Å². The van der Waals surface area contributed by atoms with E-state index in [1.165, 1.54) is 31.2 Å². The molecule has 0 fully saturated rings. The first kappa shape index (κ1) is 21.5. The molecule has 0 aliphatic rings. The number of phenols is 1. The lowest BCUT2D eigenvalue weighted by atomic mass is 9.83. The Morgan fingerprint density at radius 1 is 1.17 bits per heavy atom. The summed E-state index contributed by atoms with van der Waals surface area (Å²) in [6.07, 6.45) is -1.14. The molecule has 1 atom stereocenters. The molecule has 1 heterocycles. The van der Waals surface area contributed by atoms with E-state index < -0.39 is 17.5 Å². The lowest BCUT2D eigenvalue weighted by molar-refractivity contribution is -0.144. The number of phenolic OH excluding ortho intramolecular Hbond substituents is 1. The van der Waals surface area contributed by atoms with Crippen molar-refractivity contribution in [2.24, 2.45) is 0 Å². The molecule has 0 saturated heterocycles. The number of rotatable bonds is 7. The number of aromatic nitrogens is 1. The van der Waals surface area contributed by atoms with Crippen molar-refractivity contribution < 1.29 is 28.9 Å². The van der Waals surface area contributed by atoms with E-state index in [-0.39, 0.29) is 17.4 Å². The Kier molecular flexibility index (Phi) is 5.94. The zero-order valence-electron chi connectivity index (χ0n) is 17.3. The molecule has 158 valence electrons. The van der Waals surface area contributed by atoms with Gasteiger partial charge in [0.05, 0.1) is 12.3 Å². The zero-order chi connectivity index (χ0) is 22.1. The van der Waals surface area contributed by atoms with Crippen LogP contribution in [0.4, 0.5) is 4.39 Å². The molecule has 3 rings (SSSR count). The molecule has 30 heavy (non-hydrogen) atoms. The fraction of sp³-hybridized carbons (Fsp3) is 0.304. The van der Waals surface area contributed by atoms with Crippen molar-refractivity contribution in [3.8, 4) is 22.8 Å². The lowest BCUT2D eigenvalue weighted by Gasteiger charge is -2.28. The number of carboxylic acids is 1. The highest BCUT2D eigenvalue weighted by atomic mass is 19.1. The summed E-state index contributed by atoms with van der Waals surface area (Å²) in [5.41, 5.74) is 1.51. The Labute approximate surface area is 173 Å². The predicted octanol–water partition coefficient (Wildman–Crippen LogP) is 4.52. The van der Waals surface area contributed by atoms with Crippen molar-refractivity contribution in [2.75, 3.05) is 13.7 Å². The number of ether oxygens (including phenoxy) is 2. The number of aromatic hydroxyl groups is 1. The summed E-state index contributed by atoms with van der Waals surface area (Å²) in [5.74, 6) is -1.40. The van der Waals surface area contributed by atoms with Gasteiger partial charge < -0.3 is 19.7 Å². The Balaban J connectivity index is 2.39. The van der Waals surface area contributed by atoms with Crippen LogP contribution in [0, 0.1) is 5.82 Å². The average Bonchev–Trinajstić information content (AvgIpc) is 2.68. The van der Waals surface area contributed by atoms with E-state index in [2.05, 4.69) is 4.98 Å². The molecule has 6 nitrogen and oxygen atoms in total. The molecular formula is C23H24FNO5. The van der Waals surface area contributed by atoms with Crippen molar-refractivity contribution in [1.82, 2.24) is 4.98 Å². The zero-order valence-corrected chi connectivity index (χ0v) is 17.3. The summed E-state index contributed by atoms with van der Waals surface area (Å²) in [6.45, 7) is 5.64. The van der Waals surface area contributed by atoms with Crippen LogP contribution < -0.4 is 4.74 Å². The molecule has 2 N–H and O–H groups in total. The summed E-state index contributed by atoms with van der Waals surface area (Å²) in [4.78, 5) is 16.0. The SMILES string of the molecule is COCC(C)(C)c1nc(O[C@@H](C)C(=O)O)c2cc(O)ccc2c1-c1ccc(F)cc1. The van der Waals surface area contributed by atoms with Gasteiger partial charge in [0.15, 0.2) is 6.10 Å². The number of pyridine rings is 1. The van der Waals surface area contributed by atoms with Gasteiger partial charge in [0.2, 0.25) is 5.88 Å². The first-order valence-electron chi connectivity index (χ1n) is 9.45. The van der Waals surface area contributed by atoms with Crippen molar-refractivity contribution in [2.45, 2.75) is 32.3 Å². The van der Waals surface area contributed by atoms with E-state index in [4.69, 9.17) is 9.47 Å². The Hall–Kier alpha value is -3.19. The van der Waals surface area contributed by atoms with Gasteiger partial charge in [0.1, 0.15) is 11.6 Å². The fourth-order valence-electron chi connectivity index (χ4n) is 3.41. The molecule has 3 aromatic rings. The lowest BCUT2D eigenvalue weighted by Crippen LogP contribution is -2.28. The maximum atomic E-state index is 13.6. The number of fused-ring (bicyclic) bond motifs is 1. The standard InChI is InChI=1S/C23H24FNO5/c1-13(22(27)28)30-21-18-11-16(26)9-10-17(18)19(14-5-7-15(24)8-6-14)20(25-21)23(2,3)12-29-4/h5-11,13,26H,12H2,1-4H3,(H,27,28)/t13-/m0/s1. The van der Waals surface area contributed by atoms with E-state index in [0.717, 1.165) is 11.1 Å². The average molecular weight is 413 g/mol. The molecule has 1 aromatic heterocycles. The Bertz CT molecular complexity index is 1080. The van der Waals surface area contributed by atoms with Gasteiger partial charge in [-0.15, -0.1) is 0 Å². The number of halogens is 1. The number of carboxylic acid groups (broad SMARTS) is 1. The fourth-order valence-corrected chi connectivity index (χ4v) is 3.41. The molecule has 7 heteroatoms. The van der Waals surface area contributed by atoms with Crippen LogP contribution in [-0.2, 0) is 14.9 Å². The summed E-state index contributed by atoms with van der Waals surface area (Å²) in [7, 11) is 1.59. The van der Waals surface area contributed by atoms with Crippen molar-refractivity contribution >= 4 is 16.7 Å². The number of aliphatic carboxylic acids is 1. The molecule has 0 bridgehead atoms. The molecule has 0 spiro atoms. The number of nitrogens with zero attached hydrogens (tertiary/aromatic N) is 1. The molecule has 0 radical (unpaired) electrons. The van der Waals surface area contributed by atoms with E-state index in [1.807, 2.05) is 13.8 Å². The highest BCUT2D eigenvalue weighted by molar-refractivity contribution is 6.01. The Morgan fingerprint density at radius 2 is 1.83 bits per heavy atom. The summed E-state index contributed by atoms with van der Waals surface area (Å²) >= 11 is 0. The van der Waals surface area contributed by atoms with Crippen LogP contribution in [0.3, 0.4) is 0 Å². The van der Waals surface area contributed by atoms with Gasteiger partial charge in [-0.25, -0.2) is 14.2 Å². The van der Waals surface area contributed by atoms with Crippen molar-refractivity contribution in [3.05, 3.63) is 54.0 Å². The number of hydrogen-bond acceptors (Lipinski definition) is 5. The maximum Gasteiger partial charge on any atom is 0.344 e. The van der Waals surface area contributed by atoms with Gasteiger partial charge in [0, 0.05) is 23.5 Å². The molecular weight excluding hydrogens is 389 g/mol. The molecule has 0 aliphatic carbocycles. The molecule has 0 unspecified atom stereocenters. The van der Waals surface area contributed by atoms with E-state index in [9.17, 15) is 19.4 Å². The second-order valence-electron chi connectivity index (χ2n) is 7.79. The maximum absolute atomic E-state index is 13.6. The third-order valence-corrected chi connectivity index (χ3v) is 4.87. The van der Waals surface area contributed by atoms with Crippen LogP contribution in [0.2, 0.25) is 0 Å². The largest absolute Gasteiger partial charge is 0.508 e. The molecule has 0 aliphatic heterocycles. The summed E-state index contributed by atoms with van der Waals surface area (Å²) < 4.78 is 24.6. The van der Waals surface area contributed by atoms with Crippen molar-refractivity contribution in [1.29, 1.82) is 0 Å². The second kappa shape index (κ2) is 8.28. The van der Waals surface area contributed by atoms with Gasteiger partial charge in [0.25, 0.3) is 0 Å². The number of benzene rings is 2. The number of methoxy groups -OCH3 is 1. The normalized spacial score (nSPS) is 12.7. The van der Waals surface area contributed by atoms with Crippen LogP contribution >= 0.6 is 0 Å². The second-order valence-corrected chi connectivity index (χ2v) is 7.79. The monoisotopic (exact) mass is 413 g/mol. The summed E-state index contributed by atoms with van der Waals surface area (Å²) in [6, 6.07) is 10.8. The third kappa shape index (κ3) is 4.21. The van der Waals surface area contributed by atoms with Gasteiger partial charge >= 0.3 is 5.97 Å². The minimum Gasteiger partial charge on any atom is -0.508 e. The third-order valence-electron chi connectivity index (χ3n) is 4.87. The first-order chi connectivity index (χ1) is 14.1. The van der Waals surface area contributed by atoms with Crippen LogP contribution in [-0.4, -0.2) is 41.0 Å². The van der Waals surface area contributed by atoms with Crippen LogP contribution in [0.25, 0.3) is 21.9 Å². The highest BCUT2D eigenvalue weighted by Crippen LogP contribution is 2.42. The minimum atomic E-state index is -1.14. The topological polar surface area (TPSA) is 88.9 Å². The molecule has 0 saturated carbocycles. The Morgan fingerprint density at radius 3 is 2.43 bits per heavy atom. The minimum absolute atomic E-state index is 0.00825. The van der Waals surface area contributed by atoms with Gasteiger partial charge in [-0.3, -0.25) is 0 Å². The summed E-state index contributed by atoms with van der Waals surface area (Å²) in [5, 5.41) is 20.5. The number of carbonyl (C=O) groups is 1. The van der Waals surface area contributed by atoms with Gasteiger partial charge in [-0.05, 0) is 48.2 Å². The molecule has 0 amide bonds. The smallest absolute Gasteiger partial charge is 0.344 e. The molecule has 2 aromatic carbocycles. The van der Waals surface area contributed by atoms with Crippen molar-refractivity contribution in [3.63, 3.8) is 0 Å². The van der Waals surface area contributed by atoms with Crippen LogP contribution in [0.5, 0.6) is 11.6 Å². The predicted molar refractivity (Wildman–Crippen MR) is 111 cm³/mol. The quantitative estimate of drug-likeness (QED) is 0.592. The van der Waals surface area contributed by atoms with Crippen LogP contribution in [0.15, 0.2) is 42.5 Å².